The van der Waals surface area contributed by atoms with Crippen molar-refractivity contribution in [2.45, 2.75) is 6.54 Å². The summed E-state index contributed by atoms with van der Waals surface area (Å²) in [6.07, 6.45) is 4.79. The number of nitro groups is 1. The largest absolute Gasteiger partial charge is 0.467 e. The smallest absolute Gasteiger partial charge is 0.269 e. The van der Waals surface area contributed by atoms with Gasteiger partial charge in [0, 0.05) is 12.1 Å². The number of nitro benzene ring substituents is 1. The van der Waals surface area contributed by atoms with Gasteiger partial charge in [-0.05, 0) is 77.5 Å². The van der Waals surface area contributed by atoms with E-state index in [0.717, 1.165) is 5.56 Å². The molecule has 0 aliphatic carbocycles. The van der Waals surface area contributed by atoms with Crippen molar-refractivity contribution < 1.29 is 18.9 Å². The van der Waals surface area contributed by atoms with Crippen molar-refractivity contribution in [3.63, 3.8) is 0 Å². The lowest BCUT2D eigenvalue weighted by Gasteiger charge is -2.12. The molecule has 0 unspecified atom stereocenters. The van der Waals surface area contributed by atoms with Gasteiger partial charge in [-0.25, -0.2) is 0 Å². The molecule has 188 valence electrons. The Morgan fingerprint density at radius 1 is 0.947 bits per heavy atom. The van der Waals surface area contributed by atoms with Crippen LogP contribution >= 0.6 is 11.8 Å². The number of nitrogens with zero attached hydrogens (tertiary/aromatic N) is 4. The lowest BCUT2D eigenvalue weighted by molar-refractivity contribution is -0.384. The highest BCUT2D eigenvalue weighted by atomic mass is 32.2. The zero-order valence-electron chi connectivity index (χ0n) is 19.8. The maximum Gasteiger partial charge on any atom is 0.269 e. The number of carbonyl (C=O) groups excluding carboxylic acids is 1. The Hall–Kier alpha value is -4.96. The summed E-state index contributed by atoms with van der Waals surface area (Å²) in [6.45, 7) is 0.194. The molecule has 0 N–H and O–H groups in total. The Morgan fingerprint density at radius 2 is 1.74 bits per heavy atom. The van der Waals surface area contributed by atoms with E-state index in [-0.39, 0.29) is 18.1 Å². The molecule has 4 aromatic rings. The maximum atomic E-state index is 13.3. The first-order valence-electron chi connectivity index (χ1n) is 11.5. The van der Waals surface area contributed by atoms with Crippen molar-refractivity contribution in [3.8, 4) is 11.5 Å². The van der Waals surface area contributed by atoms with Crippen molar-refractivity contribution in [2.24, 2.45) is 10.2 Å². The third kappa shape index (κ3) is 6.05. The van der Waals surface area contributed by atoms with Gasteiger partial charge in [0.2, 0.25) is 0 Å². The Kier molecular flexibility index (Phi) is 7.42. The molecule has 2 heterocycles. The summed E-state index contributed by atoms with van der Waals surface area (Å²) >= 11 is 1.20. The van der Waals surface area contributed by atoms with E-state index in [1.165, 1.54) is 35.0 Å². The fraction of sp³-hybridized carbons (Fsp3) is 0.0357. The normalized spacial score (nSPS) is 15.6. The number of rotatable bonds is 8. The monoisotopic (exact) mass is 524 g/mol. The molecule has 10 heteroatoms. The van der Waals surface area contributed by atoms with Crippen LogP contribution in [0.4, 0.5) is 5.69 Å². The minimum absolute atomic E-state index is 0.0111. The zero-order valence-corrected chi connectivity index (χ0v) is 20.7. The molecule has 5 rings (SSSR count). The molecule has 3 aromatic carbocycles. The molecule has 1 aliphatic heterocycles. The van der Waals surface area contributed by atoms with Gasteiger partial charge >= 0.3 is 0 Å². The molecule has 1 saturated heterocycles. The lowest BCUT2D eigenvalue weighted by atomic mass is 10.2. The zero-order chi connectivity index (χ0) is 26.3. The average Bonchev–Trinajstić information content (AvgIpc) is 3.54. The fourth-order valence-corrected chi connectivity index (χ4v) is 4.49. The van der Waals surface area contributed by atoms with E-state index >= 15 is 0 Å². The predicted molar refractivity (Wildman–Crippen MR) is 146 cm³/mol. The molecule has 1 aliphatic rings. The van der Waals surface area contributed by atoms with E-state index < -0.39 is 4.92 Å². The van der Waals surface area contributed by atoms with Gasteiger partial charge in [0.15, 0.2) is 5.17 Å². The van der Waals surface area contributed by atoms with E-state index in [1.54, 1.807) is 36.6 Å². The van der Waals surface area contributed by atoms with Gasteiger partial charge in [0.25, 0.3) is 11.6 Å². The fourth-order valence-electron chi connectivity index (χ4n) is 3.55. The minimum Gasteiger partial charge on any atom is -0.467 e. The second kappa shape index (κ2) is 11.4. The van der Waals surface area contributed by atoms with Crippen LogP contribution in [-0.2, 0) is 11.3 Å². The summed E-state index contributed by atoms with van der Waals surface area (Å²) in [4.78, 5) is 25.7. The Bertz CT molecular complexity index is 1530. The van der Waals surface area contributed by atoms with Gasteiger partial charge in [0.05, 0.1) is 28.9 Å². The van der Waals surface area contributed by atoms with Gasteiger partial charge in [-0.3, -0.25) is 19.8 Å². The van der Waals surface area contributed by atoms with Gasteiger partial charge in [-0.15, -0.1) is 5.10 Å². The topological polar surface area (TPSA) is 111 Å². The quantitative estimate of drug-likeness (QED) is 0.113. The second-order valence-electron chi connectivity index (χ2n) is 8.04. The molecule has 0 spiro atoms. The van der Waals surface area contributed by atoms with E-state index in [4.69, 9.17) is 9.15 Å². The van der Waals surface area contributed by atoms with Crippen molar-refractivity contribution in [1.29, 1.82) is 0 Å². The maximum absolute atomic E-state index is 13.3. The Morgan fingerprint density at radius 3 is 2.47 bits per heavy atom. The summed E-state index contributed by atoms with van der Waals surface area (Å²) in [7, 11) is 0. The highest BCUT2D eigenvalue weighted by Crippen LogP contribution is 2.34. The summed E-state index contributed by atoms with van der Waals surface area (Å²) in [6, 6.07) is 26.4. The summed E-state index contributed by atoms with van der Waals surface area (Å²) < 4.78 is 11.3. The summed E-state index contributed by atoms with van der Waals surface area (Å²) in [5, 5.41) is 19.6. The van der Waals surface area contributed by atoms with Crippen LogP contribution < -0.4 is 4.74 Å². The van der Waals surface area contributed by atoms with Gasteiger partial charge in [0.1, 0.15) is 17.3 Å². The van der Waals surface area contributed by atoms with Crippen molar-refractivity contribution >= 4 is 40.8 Å². The Balaban J connectivity index is 1.38. The second-order valence-corrected chi connectivity index (χ2v) is 9.05. The molecule has 1 amide bonds. The van der Waals surface area contributed by atoms with Crippen LogP contribution in [0.2, 0.25) is 0 Å². The molecular weight excluding hydrogens is 504 g/mol. The standard InChI is InChI=1S/C28H20N4O5S/c33-27-26(17-21-6-4-9-24(16-21)37-23-7-2-1-3-8-23)38-28(31(27)19-25-10-5-15-36-25)30-29-18-20-11-13-22(14-12-20)32(34)35/h1-18H,19H2/b26-17-,29-18+,30-28-. The number of ether oxygens (including phenoxy) is 1. The van der Waals surface area contributed by atoms with Crippen LogP contribution in [0.5, 0.6) is 11.5 Å². The van der Waals surface area contributed by atoms with Crippen LogP contribution in [0.3, 0.4) is 0 Å². The summed E-state index contributed by atoms with van der Waals surface area (Å²) in [5.74, 6) is 1.74. The molecular formula is C28H20N4O5S. The number of non-ortho nitro benzene ring substituents is 1. The van der Waals surface area contributed by atoms with E-state index in [1.807, 2.05) is 54.6 Å². The number of amidine groups is 1. The van der Waals surface area contributed by atoms with E-state index in [9.17, 15) is 14.9 Å². The number of thioether (sulfide) groups is 1. The molecule has 1 aromatic heterocycles. The Labute approximate surface area is 221 Å². The first kappa shape index (κ1) is 24.7. The molecule has 0 saturated carbocycles. The lowest BCUT2D eigenvalue weighted by Crippen LogP contribution is -2.28. The highest BCUT2D eigenvalue weighted by molar-refractivity contribution is 8.18. The van der Waals surface area contributed by atoms with Gasteiger partial charge in [-0.1, -0.05) is 30.3 Å². The number of amides is 1. The molecule has 9 nitrogen and oxygen atoms in total. The third-order valence-corrected chi connectivity index (χ3v) is 6.37. The molecule has 38 heavy (non-hydrogen) atoms. The summed E-state index contributed by atoms with van der Waals surface area (Å²) in [5.41, 5.74) is 1.42. The molecule has 0 radical (unpaired) electrons. The first-order chi connectivity index (χ1) is 18.5. The van der Waals surface area contributed by atoms with Gasteiger partial charge < -0.3 is 9.15 Å². The number of carbonyl (C=O) groups is 1. The van der Waals surface area contributed by atoms with E-state index in [2.05, 4.69) is 10.2 Å². The van der Waals surface area contributed by atoms with Crippen LogP contribution in [0, 0.1) is 10.1 Å². The van der Waals surface area contributed by atoms with Crippen LogP contribution in [0.15, 0.2) is 117 Å². The number of hydrogen-bond acceptors (Lipinski definition) is 8. The minimum atomic E-state index is -0.466. The first-order valence-corrected chi connectivity index (χ1v) is 12.3. The van der Waals surface area contributed by atoms with Crippen LogP contribution in [-0.4, -0.2) is 27.1 Å². The number of furan rings is 1. The molecule has 0 bridgehead atoms. The highest BCUT2D eigenvalue weighted by Gasteiger charge is 2.34. The average molecular weight is 525 g/mol. The van der Waals surface area contributed by atoms with Crippen LogP contribution in [0.25, 0.3) is 6.08 Å². The van der Waals surface area contributed by atoms with Crippen molar-refractivity contribution in [1.82, 2.24) is 4.90 Å². The SMILES string of the molecule is O=C1/C(=C/c2cccc(Oc3ccccc3)c2)S/C(=N\N=C\c2ccc([N+](=O)[O-])cc2)N1Cc1ccco1. The molecule has 1 fully saturated rings. The predicted octanol–water partition coefficient (Wildman–Crippen LogP) is 6.49. The number of benzene rings is 3. The number of hydrogen-bond donors (Lipinski definition) is 0. The third-order valence-electron chi connectivity index (χ3n) is 5.37. The number of para-hydroxylation sites is 1. The molecule has 0 atom stereocenters. The van der Waals surface area contributed by atoms with Gasteiger partial charge in [-0.2, -0.15) is 5.10 Å². The van der Waals surface area contributed by atoms with Crippen LogP contribution in [0.1, 0.15) is 16.9 Å². The van der Waals surface area contributed by atoms with E-state index in [0.29, 0.717) is 32.9 Å². The van der Waals surface area contributed by atoms with Crippen molar-refractivity contribution in [2.75, 3.05) is 0 Å². The van der Waals surface area contributed by atoms with Crippen molar-refractivity contribution in [3.05, 3.63) is 129 Å².